The number of hydrogen-bond donors (Lipinski definition) is 1. The summed E-state index contributed by atoms with van der Waals surface area (Å²) in [5, 5.41) is 3.49. The molecule has 3 nitrogen and oxygen atoms in total. The van der Waals surface area contributed by atoms with Gasteiger partial charge in [-0.1, -0.05) is 0 Å². The molecule has 1 fully saturated rings. The van der Waals surface area contributed by atoms with Crippen LogP contribution in [0.25, 0.3) is 0 Å². The number of aromatic nitrogens is 1. The van der Waals surface area contributed by atoms with Crippen molar-refractivity contribution in [3.63, 3.8) is 0 Å². The van der Waals surface area contributed by atoms with E-state index in [4.69, 9.17) is 4.74 Å². The molecule has 19 heavy (non-hydrogen) atoms. The summed E-state index contributed by atoms with van der Waals surface area (Å²) in [5.74, 6) is 0.953. The Kier molecular flexibility index (Phi) is 4.46. The van der Waals surface area contributed by atoms with Crippen molar-refractivity contribution in [2.45, 2.75) is 71.6 Å². The summed E-state index contributed by atoms with van der Waals surface area (Å²) >= 11 is 0. The summed E-state index contributed by atoms with van der Waals surface area (Å²) in [5.41, 5.74) is 2.17. The minimum Gasteiger partial charge on any atom is -0.488 e. The van der Waals surface area contributed by atoms with E-state index >= 15 is 0 Å². The van der Waals surface area contributed by atoms with E-state index in [-0.39, 0.29) is 5.54 Å². The zero-order chi connectivity index (χ0) is 13.9. The van der Waals surface area contributed by atoms with Crippen LogP contribution in [-0.2, 0) is 6.54 Å². The molecule has 1 aliphatic rings. The Hall–Kier alpha value is -1.09. The van der Waals surface area contributed by atoms with E-state index in [1.165, 1.54) is 25.7 Å². The lowest BCUT2D eigenvalue weighted by Gasteiger charge is -2.22. The fraction of sp³-hybridized carbons (Fsp3) is 0.688. The number of hydrogen-bond acceptors (Lipinski definition) is 3. The Bertz CT molecular complexity index is 417. The standard InChI is InChI=1S/C16H26N2O/c1-12-9-10-15(19-13-7-5-6-8-13)14(18-12)11-17-16(2,3)4/h9-10,13,17H,5-8,11H2,1-4H3. The summed E-state index contributed by atoms with van der Waals surface area (Å²) in [6, 6.07) is 4.10. The highest BCUT2D eigenvalue weighted by Crippen LogP contribution is 2.26. The monoisotopic (exact) mass is 262 g/mol. The Morgan fingerprint density at radius 1 is 1.26 bits per heavy atom. The van der Waals surface area contributed by atoms with Gasteiger partial charge < -0.3 is 10.1 Å². The first kappa shape index (κ1) is 14.3. The third kappa shape index (κ3) is 4.50. The average molecular weight is 262 g/mol. The molecular weight excluding hydrogens is 236 g/mol. The summed E-state index contributed by atoms with van der Waals surface area (Å²) in [7, 11) is 0. The number of pyridine rings is 1. The van der Waals surface area contributed by atoms with Crippen molar-refractivity contribution in [1.29, 1.82) is 0 Å². The van der Waals surface area contributed by atoms with Crippen LogP contribution in [0.2, 0.25) is 0 Å². The zero-order valence-electron chi connectivity index (χ0n) is 12.6. The van der Waals surface area contributed by atoms with Crippen LogP contribution >= 0.6 is 0 Å². The van der Waals surface area contributed by atoms with Crippen LogP contribution in [0.4, 0.5) is 0 Å². The molecule has 106 valence electrons. The highest BCUT2D eigenvalue weighted by atomic mass is 16.5. The van der Waals surface area contributed by atoms with Crippen LogP contribution in [-0.4, -0.2) is 16.6 Å². The van der Waals surface area contributed by atoms with Gasteiger partial charge in [0.2, 0.25) is 0 Å². The lowest BCUT2D eigenvalue weighted by molar-refractivity contribution is 0.206. The molecular formula is C16H26N2O. The molecule has 0 saturated heterocycles. The van der Waals surface area contributed by atoms with Crippen LogP contribution in [0.1, 0.15) is 57.8 Å². The van der Waals surface area contributed by atoms with Crippen molar-refractivity contribution in [3.05, 3.63) is 23.5 Å². The quantitative estimate of drug-likeness (QED) is 0.900. The average Bonchev–Trinajstić information content (AvgIpc) is 2.81. The first-order chi connectivity index (χ1) is 8.94. The topological polar surface area (TPSA) is 34.1 Å². The van der Waals surface area contributed by atoms with Crippen LogP contribution in [0.5, 0.6) is 5.75 Å². The van der Waals surface area contributed by atoms with Crippen LogP contribution < -0.4 is 10.1 Å². The predicted molar refractivity (Wildman–Crippen MR) is 78.5 cm³/mol. The maximum absolute atomic E-state index is 6.12. The van der Waals surface area contributed by atoms with E-state index in [9.17, 15) is 0 Å². The van der Waals surface area contributed by atoms with Crippen LogP contribution in [0.15, 0.2) is 12.1 Å². The van der Waals surface area contributed by atoms with Gasteiger partial charge in [-0.05, 0) is 65.5 Å². The van der Waals surface area contributed by atoms with Crippen molar-refractivity contribution >= 4 is 0 Å². The summed E-state index contributed by atoms with van der Waals surface area (Å²) in [6.45, 7) is 9.29. The number of nitrogens with one attached hydrogen (secondary N) is 1. The van der Waals surface area contributed by atoms with E-state index in [1.807, 2.05) is 13.0 Å². The Balaban J connectivity index is 2.08. The Labute approximate surface area is 116 Å². The highest BCUT2D eigenvalue weighted by Gasteiger charge is 2.19. The van der Waals surface area contributed by atoms with Crippen molar-refractivity contribution in [2.75, 3.05) is 0 Å². The summed E-state index contributed by atoms with van der Waals surface area (Å²) in [6.07, 6.45) is 5.33. The third-order valence-electron chi connectivity index (χ3n) is 3.45. The molecule has 0 atom stereocenters. The largest absolute Gasteiger partial charge is 0.488 e. The fourth-order valence-electron chi connectivity index (χ4n) is 2.37. The van der Waals surface area contributed by atoms with E-state index in [0.717, 1.165) is 23.7 Å². The molecule has 0 bridgehead atoms. The Morgan fingerprint density at radius 2 is 1.95 bits per heavy atom. The molecule has 1 saturated carbocycles. The van der Waals surface area contributed by atoms with Gasteiger partial charge in [0.15, 0.2) is 0 Å². The molecule has 0 unspecified atom stereocenters. The maximum atomic E-state index is 6.12. The second-order valence-corrected chi connectivity index (χ2v) is 6.53. The second-order valence-electron chi connectivity index (χ2n) is 6.53. The zero-order valence-corrected chi connectivity index (χ0v) is 12.6. The maximum Gasteiger partial charge on any atom is 0.142 e. The fourth-order valence-corrected chi connectivity index (χ4v) is 2.37. The molecule has 2 rings (SSSR count). The van der Waals surface area contributed by atoms with E-state index in [0.29, 0.717) is 6.10 Å². The van der Waals surface area contributed by atoms with Gasteiger partial charge >= 0.3 is 0 Å². The predicted octanol–water partition coefficient (Wildman–Crippen LogP) is 3.60. The van der Waals surface area contributed by atoms with Gasteiger partial charge in [-0.2, -0.15) is 0 Å². The lowest BCUT2D eigenvalue weighted by Crippen LogP contribution is -2.35. The third-order valence-corrected chi connectivity index (χ3v) is 3.45. The minimum atomic E-state index is 0.0933. The van der Waals surface area contributed by atoms with Gasteiger partial charge in [0.25, 0.3) is 0 Å². The van der Waals surface area contributed by atoms with Gasteiger partial charge in [0.1, 0.15) is 5.75 Å². The van der Waals surface area contributed by atoms with Crippen molar-refractivity contribution in [2.24, 2.45) is 0 Å². The Morgan fingerprint density at radius 3 is 2.58 bits per heavy atom. The highest BCUT2D eigenvalue weighted by molar-refractivity contribution is 5.29. The molecule has 1 heterocycles. The lowest BCUT2D eigenvalue weighted by atomic mass is 10.1. The van der Waals surface area contributed by atoms with Crippen molar-refractivity contribution in [1.82, 2.24) is 10.3 Å². The number of ether oxygens (including phenoxy) is 1. The van der Waals surface area contributed by atoms with Crippen molar-refractivity contribution in [3.8, 4) is 5.75 Å². The molecule has 1 aromatic rings. The number of nitrogens with zero attached hydrogens (tertiary/aromatic N) is 1. The molecule has 0 amide bonds. The van der Waals surface area contributed by atoms with Gasteiger partial charge in [-0.3, -0.25) is 4.98 Å². The molecule has 1 aliphatic carbocycles. The van der Waals surface area contributed by atoms with Crippen LogP contribution in [0.3, 0.4) is 0 Å². The molecule has 0 radical (unpaired) electrons. The van der Waals surface area contributed by atoms with Crippen molar-refractivity contribution < 1.29 is 4.74 Å². The first-order valence-corrected chi connectivity index (χ1v) is 7.32. The molecule has 1 aromatic heterocycles. The van der Waals surface area contributed by atoms with Gasteiger partial charge in [-0.15, -0.1) is 0 Å². The van der Waals surface area contributed by atoms with E-state index in [2.05, 4.69) is 37.1 Å². The van der Waals surface area contributed by atoms with Crippen LogP contribution in [0, 0.1) is 6.92 Å². The minimum absolute atomic E-state index is 0.0933. The first-order valence-electron chi connectivity index (χ1n) is 7.32. The molecule has 0 aromatic carbocycles. The molecule has 1 N–H and O–H groups in total. The molecule has 0 spiro atoms. The molecule has 0 aliphatic heterocycles. The van der Waals surface area contributed by atoms with Gasteiger partial charge in [-0.25, -0.2) is 0 Å². The summed E-state index contributed by atoms with van der Waals surface area (Å²) in [4.78, 5) is 4.63. The van der Waals surface area contributed by atoms with Gasteiger partial charge in [0, 0.05) is 17.8 Å². The smallest absolute Gasteiger partial charge is 0.142 e. The number of aryl methyl sites for hydroxylation is 1. The summed E-state index contributed by atoms with van der Waals surface area (Å²) < 4.78 is 6.12. The normalized spacial score (nSPS) is 16.8. The van der Waals surface area contributed by atoms with E-state index < -0.39 is 0 Å². The second kappa shape index (κ2) is 5.91. The molecule has 3 heteroatoms. The van der Waals surface area contributed by atoms with Gasteiger partial charge in [0.05, 0.1) is 11.8 Å². The van der Waals surface area contributed by atoms with E-state index in [1.54, 1.807) is 0 Å². The SMILES string of the molecule is Cc1ccc(OC2CCCC2)c(CNC(C)(C)C)n1. The number of rotatable bonds is 4.